The van der Waals surface area contributed by atoms with Gasteiger partial charge < -0.3 is 14.8 Å². The maximum atomic E-state index is 13.3. The second-order valence-electron chi connectivity index (χ2n) is 3.44. The lowest BCUT2D eigenvalue weighted by Crippen LogP contribution is -2.04. The number of halogens is 2. The smallest absolute Gasteiger partial charge is 0.449 e. The summed E-state index contributed by atoms with van der Waals surface area (Å²) in [5.74, 6) is -0.461. The number of aryl methyl sites for hydroxylation is 1. The van der Waals surface area contributed by atoms with Gasteiger partial charge in [0.05, 0.1) is 10.5 Å². The van der Waals surface area contributed by atoms with Gasteiger partial charge in [0.15, 0.2) is 0 Å². The number of rotatable bonds is 2. The molecule has 0 atom stereocenters. The summed E-state index contributed by atoms with van der Waals surface area (Å²) in [6, 6.07) is 2.70. The molecule has 2 N–H and O–H groups in total. The molecule has 1 aromatic heterocycles. The van der Waals surface area contributed by atoms with Crippen molar-refractivity contribution in [3.05, 3.63) is 28.5 Å². The largest absolute Gasteiger partial charge is 0.512 e. The first-order valence-corrected chi connectivity index (χ1v) is 5.31. The average molecular weight is 258 g/mol. The van der Waals surface area contributed by atoms with Crippen molar-refractivity contribution in [2.75, 3.05) is 0 Å². The molecule has 0 amide bonds. The summed E-state index contributed by atoms with van der Waals surface area (Å²) < 4.78 is 17.9. The van der Waals surface area contributed by atoms with Gasteiger partial charge in [-0.3, -0.25) is 0 Å². The van der Waals surface area contributed by atoms with Crippen LogP contribution in [0.2, 0.25) is 5.02 Å². The molecule has 0 saturated heterocycles. The van der Waals surface area contributed by atoms with Crippen LogP contribution in [0.15, 0.2) is 12.1 Å². The first-order chi connectivity index (χ1) is 8.04. The number of H-pyrrole nitrogens is 1. The highest BCUT2D eigenvalue weighted by atomic mass is 35.5. The minimum absolute atomic E-state index is 0.0316. The number of fused-ring (bicyclic) bond motifs is 1. The molecule has 0 aliphatic rings. The number of aromatic nitrogens is 1. The Labute approximate surface area is 101 Å². The number of hydrogen-bond donors (Lipinski definition) is 2. The van der Waals surface area contributed by atoms with Crippen molar-refractivity contribution in [3.63, 3.8) is 0 Å². The van der Waals surface area contributed by atoms with Crippen LogP contribution in [-0.2, 0) is 6.42 Å². The fraction of sp³-hybridized carbons (Fsp3) is 0.182. The van der Waals surface area contributed by atoms with Gasteiger partial charge in [0.2, 0.25) is 5.88 Å². The fourth-order valence-electron chi connectivity index (χ4n) is 1.77. The van der Waals surface area contributed by atoms with Crippen LogP contribution in [0.3, 0.4) is 0 Å². The Morgan fingerprint density at radius 2 is 2.29 bits per heavy atom. The number of carboxylic acid groups (broad SMARTS) is 1. The zero-order valence-corrected chi connectivity index (χ0v) is 9.64. The van der Waals surface area contributed by atoms with Crippen LogP contribution in [0.4, 0.5) is 9.18 Å². The first kappa shape index (κ1) is 11.7. The van der Waals surface area contributed by atoms with Gasteiger partial charge in [-0.15, -0.1) is 0 Å². The standard InChI is InChI=1S/C11H9ClFNO3/c1-2-5-8-7(4-3-6(13)9(8)12)14-10(5)17-11(15)16/h3-4,14H,2H2,1H3,(H,15,16). The maximum absolute atomic E-state index is 13.3. The quantitative estimate of drug-likeness (QED) is 0.809. The fourth-order valence-corrected chi connectivity index (χ4v) is 2.05. The lowest BCUT2D eigenvalue weighted by molar-refractivity contribution is 0.142. The summed E-state index contributed by atoms with van der Waals surface area (Å²) in [7, 11) is 0. The van der Waals surface area contributed by atoms with Crippen LogP contribution in [0.1, 0.15) is 12.5 Å². The molecule has 90 valence electrons. The summed E-state index contributed by atoms with van der Waals surface area (Å²) in [4.78, 5) is 13.3. The Morgan fingerprint density at radius 1 is 1.59 bits per heavy atom. The highest BCUT2D eigenvalue weighted by Gasteiger charge is 2.18. The van der Waals surface area contributed by atoms with E-state index in [2.05, 4.69) is 9.72 Å². The Kier molecular flexibility index (Phi) is 2.93. The number of ether oxygens (including phenoxy) is 1. The number of hydrogen-bond acceptors (Lipinski definition) is 2. The maximum Gasteiger partial charge on any atom is 0.512 e. The van der Waals surface area contributed by atoms with E-state index in [1.165, 1.54) is 12.1 Å². The topological polar surface area (TPSA) is 62.3 Å². The summed E-state index contributed by atoms with van der Waals surface area (Å²) in [5, 5.41) is 9.02. The van der Waals surface area contributed by atoms with E-state index in [4.69, 9.17) is 16.7 Å². The molecule has 1 aromatic carbocycles. The number of aromatic amines is 1. The van der Waals surface area contributed by atoms with E-state index in [-0.39, 0.29) is 10.9 Å². The van der Waals surface area contributed by atoms with E-state index in [9.17, 15) is 9.18 Å². The predicted molar refractivity (Wildman–Crippen MR) is 61.3 cm³/mol. The molecule has 0 spiro atoms. The molecule has 4 nitrogen and oxygen atoms in total. The van der Waals surface area contributed by atoms with Crippen molar-refractivity contribution in [2.45, 2.75) is 13.3 Å². The monoisotopic (exact) mass is 257 g/mol. The van der Waals surface area contributed by atoms with Crippen LogP contribution in [0.5, 0.6) is 5.88 Å². The van der Waals surface area contributed by atoms with Crippen LogP contribution in [0, 0.1) is 5.82 Å². The molecule has 0 aliphatic heterocycles. The second kappa shape index (κ2) is 4.25. The average Bonchev–Trinajstić information content (AvgIpc) is 2.61. The third-order valence-corrected chi connectivity index (χ3v) is 2.83. The SMILES string of the molecule is CCc1c(OC(=O)O)[nH]c2ccc(F)c(Cl)c12. The molecule has 0 saturated carbocycles. The molecular formula is C11H9ClFNO3. The van der Waals surface area contributed by atoms with E-state index in [1.54, 1.807) is 6.92 Å². The van der Waals surface area contributed by atoms with Crippen molar-refractivity contribution in [1.29, 1.82) is 0 Å². The Morgan fingerprint density at radius 3 is 2.88 bits per heavy atom. The minimum Gasteiger partial charge on any atom is -0.449 e. The van der Waals surface area contributed by atoms with Gasteiger partial charge in [0, 0.05) is 10.9 Å². The summed E-state index contributed by atoms with van der Waals surface area (Å²) >= 11 is 5.86. The molecule has 1 heterocycles. The van der Waals surface area contributed by atoms with Crippen LogP contribution >= 0.6 is 11.6 Å². The molecular weight excluding hydrogens is 249 g/mol. The molecule has 0 radical (unpaired) electrons. The highest BCUT2D eigenvalue weighted by molar-refractivity contribution is 6.36. The molecule has 0 aliphatic carbocycles. The summed E-state index contributed by atoms with van der Waals surface area (Å²) in [5.41, 5.74) is 1.09. The first-order valence-electron chi connectivity index (χ1n) is 4.94. The third kappa shape index (κ3) is 1.93. The zero-order chi connectivity index (χ0) is 12.6. The third-order valence-electron chi connectivity index (χ3n) is 2.46. The van der Waals surface area contributed by atoms with Gasteiger partial charge in [-0.1, -0.05) is 18.5 Å². The zero-order valence-electron chi connectivity index (χ0n) is 8.88. The van der Waals surface area contributed by atoms with Crippen LogP contribution in [0.25, 0.3) is 10.9 Å². The van der Waals surface area contributed by atoms with Crippen molar-refractivity contribution in [1.82, 2.24) is 4.98 Å². The Hall–Kier alpha value is -1.75. The molecule has 0 bridgehead atoms. The van der Waals surface area contributed by atoms with Gasteiger partial charge in [0.25, 0.3) is 0 Å². The number of nitrogens with one attached hydrogen (secondary N) is 1. The second-order valence-corrected chi connectivity index (χ2v) is 3.82. The minimum atomic E-state index is -1.43. The number of benzene rings is 1. The van der Waals surface area contributed by atoms with Crippen molar-refractivity contribution >= 4 is 28.7 Å². The van der Waals surface area contributed by atoms with Gasteiger partial charge in [-0.05, 0) is 18.6 Å². The van der Waals surface area contributed by atoms with Gasteiger partial charge in [-0.2, -0.15) is 0 Å². The number of carbonyl (C=O) groups is 1. The van der Waals surface area contributed by atoms with E-state index in [0.717, 1.165) is 0 Å². The molecule has 2 rings (SSSR count). The van der Waals surface area contributed by atoms with E-state index in [1.807, 2.05) is 0 Å². The highest BCUT2D eigenvalue weighted by Crippen LogP contribution is 2.35. The van der Waals surface area contributed by atoms with Crippen molar-refractivity contribution < 1.29 is 19.0 Å². The molecule has 6 heteroatoms. The van der Waals surface area contributed by atoms with E-state index < -0.39 is 12.0 Å². The van der Waals surface area contributed by atoms with Gasteiger partial charge >= 0.3 is 6.16 Å². The predicted octanol–water partition coefficient (Wildman–Crippen LogP) is 3.58. The van der Waals surface area contributed by atoms with Gasteiger partial charge in [-0.25, -0.2) is 9.18 Å². The van der Waals surface area contributed by atoms with Gasteiger partial charge in [0.1, 0.15) is 5.82 Å². The molecule has 0 unspecified atom stereocenters. The normalized spacial score (nSPS) is 10.8. The van der Waals surface area contributed by atoms with E-state index >= 15 is 0 Å². The molecule has 2 aromatic rings. The lowest BCUT2D eigenvalue weighted by atomic mass is 10.1. The molecule has 0 fully saturated rings. The van der Waals surface area contributed by atoms with Crippen LogP contribution in [-0.4, -0.2) is 16.2 Å². The summed E-state index contributed by atoms with van der Waals surface area (Å²) in [6.07, 6.45) is -0.950. The van der Waals surface area contributed by atoms with Crippen molar-refractivity contribution in [3.8, 4) is 5.88 Å². The Balaban J connectivity index is 2.72. The Bertz CT molecular complexity index is 594. The van der Waals surface area contributed by atoms with E-state index in [0.29, 0.717) is 22.9 Å². The molecule has 17 heavy (non-hydrogen) atoms. The lowest BCUT2D eigenvalue weighted by Gasteiger charge is -2.00. The summed E-state index contributed by atoms with van der Waals surface area (Å²) in [6.45, 7) is 1.80. The van der Waals surface area contributed by atoms with Crippen LogP contribution < -0.4 is 4.74 Å². The van der Waals surface area contributed by atoms with Crippen molar-refractivity contribution in [2.24, 2.45) is 0 Å².